The van der Waals surface area contributed by atoms with Crippen LogP contribution in [0.4, 0.5) is 4.39 Å². The van der Waals surface area contributed by atoms with E-state index in [-0.39, 0.29) is 5.82 Å². The third-order valence-corrected chi connectivity index (χ3v) is 3.65. The normalized spacial score (nSPS) is 12.5. The van der Waals surface area contributed by atoms with Gasteiger partial charge < -0.3 is 5.32 Å². The van der Waals surface area contributed by atoms with E-state index in [1.54, 1.807) is 0 Å². The predicted octanol–water partition coefficient (Wildman–Crippen LogP) is 3.37. The number of hydrogen-bond donors (Lipinski definition) is 1. The minimum atomic E-state index is -0.183. The maximum Gasteiger partial charge on any atom is 0.123 e. The van der Waals surface area contributed by atoms with Crippen molar-refractivity contribution in [1.29, 1.82) is 0 Å². The lowest BCUT2D eigenvalue weighted by atomic mass is 9.93. The second kappa shape index (κ2) is 7.93. The molecule has 0 radical (unpaired) electrons. The van der Waals surface area contributed by atoms with Gasteiger partial charge in [-0.2, -0.15) is 5.10 Å². The predicted molar refractivity (Wildman–Crippen MR) is 83.9 cm³/mol. The zero-order valence-corrected chi connectivity index (χ0v) is 12.8. The van der Waals surface area contributed by atoms with Crippen molar-refractivity contribution in [2.45, 2.75) is 39.2 Å². The Morgan fingerprint density at radius 3 is 2.62 bits per heavy atom. The summed E-state index contributed by atoms with van der Waals surface area (Å²) in [6.45, 7) is 7.03. The molecule has 1 atom stereocenters. The molecule has 1 aromatic carbocycles. The van der Waals surface area contributed by atoms with Crippen LogP contribution in [0, 0.1) is 5.82 Å². The summed E-state index contributed by atoms with van der Waals surface area (Å²) >= 11 is 0. The van der Waals surface area contributed by atoms with Gasteiger partial charge in [-0.05, 0) is 49.6 Å². The summed E-state index contributed by atoms with van der Waals surface area (Å²) in [4.78, 5) is 0. The van der Waals surface area contributed by atoms with Crippen molar-refractivity contribution in [3.8, 4) is 0 Å². The van der Waals surface area contributed by atoms with Crippen LogP contribution in [0.2, 0.25) is 0 Å². The minimum Gasteiger partial charge on any atom is -0.316 e. The Bertz CT molecular complexity index is 533. The molecule has 4 heteroatoms. The number of aryl methyl sites for hydroxylation is 1. The van der Waals surface area contributed by atoms with E-state index in [9.17, 15) is 4.39 Å². The van der Waals surface area contributed by atoms with Crippen molar-refractivity contribution in [1.82, 2.24) is 15.1 Å². The number of halogens is 1. The number of hydrogen-bond acceptors (Lipinski definition) is 2. The third kappa shape index (κ3) is 4.67. The zero-order chi connectivity index (χ0) is 15.1. The molecule has 0 amide bonds. The highest BCUT2D eigenvalue weighted by molar-refractivity contribution is 5.23. The van der Waals surface area contributed by atoms with Crippen LogP contribution < -0.4 is 5.32 Å². The van der Waals surface area contributed by atoms with Crippen LogP contribution in [-0.2, 0) is 13.0 Å². The molecule has 1 heterocycles. The first-order chi connectivity index (χ1) is 10.2. The summed E-state index contributed by atoms with van der Waals surface area (Å²) in [7, 11) is 0. The van der Waals surface area contributed by atoms with E-state index in [1.165, 1.54) is 23.3 Å². The maximum absolute atomic E-state index is 13.1. The quantitative estimate of drug-likeness (QED) is 0.755. The molecule has 21 heavy (non-hydrogen) atoms. The van der Waals surface area contributed by atoms with Gasteiger partial charge >= 0.3 is 0 Å². The van der Waals surface area contributed by atoms with Gasteiger partial charge in [-0.15, -0.1) is 0 Å². The summed E-state index contributed by atoms with van der Waals surface area (Å²) in [5, 5.41) is 7.80. The van der Waals surface area contributed by atoms with Crippen molar-refractivity contribution >= 4 is 0 Å². The van der Waals surface area contributed by atoms with E-state index in [4.69, 9.17) is 0 Å². The summed E-state index contributed by atoms with van der Waals surface area (Å²) in [6, 6.07) is 6.85. The molecular weight excluding hydrogens is 265 g/mol. The minimum absolute atomic E-state index is 0.183. The number of nitrogens with zero attached hydrogens (tertiary/aromatic N) is 2. The lowest BCUT2D eigenvalue weighted by Crippen LogP contribution is -2.23. The van der Waals surface area contributed by atoms with Crippen LogP contribution in [0.25, 0.3) is 0 Å². The van der Waals surface area contributed by atoms with Gasteiger partial charge in [0.15, 0.2) is 0 Å². The molecule has 2 rings (SSSR count). The molecule has 0 aliphatic carbocycles. The lowest BCUT2D eigenvalue weighted by molar-refractivity contribution is 0.573. The van der Waals surface area contributed by atoms with Crippen LogP contribution in [0.5, 0.6) is 0 Å². The highest BCUT2D eigenvalue weighted by Crippen LogP contribution is 2.20. The Balaban J connectivity index is 2.09. The van der Waals surface area contributed by atoms with Gasteiger partial charge in [0.1, 0.15) is 5.82 Å². The van der Waals surface area contributed by atoms with Gasteiger partial charge in [0.05, 0.1) is 6.20 Å². The Labute approximate surface area is 126 Å². The first-order valence-electron chi connectivity index (χ1n) is 7.70. The zero-order valence-electron chi connectivity index (χ0n) is 12.8. The van der Waals surface area contributed by atoms with Gasteiger partial charge in [-0.3, -0.25) is 4.68 Å². The Morgan fingerprint density at radius 1 is 1.24 bits per heavy atom. The second-order valence-corrected chi connectivity index (χ2v) is 5.36. The Morgan fingerprint density at radius 2 is 2.00 bits per heavy atom. The number of aromatic nitrogens is 2. The van der Waals surface area contributed by atoms with Gasteiger partial charge in [0, 0.05) is 25.2 Å². The Kier molecular flexibility index (Phi) is 5.93. The van der Waals surface area contributed by atoms with Gasteiger partial charge in [-0.1, -0.05) is 19.1 Å². The fourth-order valence-corrected chi connectivity index (χ4v) is 2.47. The summed E-state index contributed by atoms with van der Waals surface area (Å²) in [6.07, 6.45) is 6.06. The molecule has 0 fully saturated rings. The molecule has 0 saturated carbocycles. The molecule has 3 nitrogen and oxygen atoms in total. The molecule has 0 bridgehead atoms. The molecule has 0 aliphatic heterocycles. The number of rotatable bonds is 8. The molecule has 1 unspecified atom stereocenters. The van der Waals surface area contributed by atoms with E-state index in [1.807, 2.05) is 23.0 Å². The lowest BCUT2D eigenvalue weighted by Gasteiger charge is -2.17. The maximum atomic E-state index is 13.1. The van der Waals surface area contributed by atoms with Crippen LogP contribution in [-0.4, -0.2) is 22.9 Å². The van der Waals surface area contributed by atoms with E-state index >= 15 is 0 Å². The molecular formula is C17H24FN3. The van der Waals surface area contributed by atoms with Gasteiger partial charge in [-0.25, -0.2) is 4.39 Å². The standard InChI is InChI=1S/C17H24FN3/c1-3-9-19-12-16(15-5-7-17(18)8-6-15)10-14-11-20-21(4-2)13-14/h5-8,11,13,16,19H,3-4,9-10,12H2,1-2H3. The van der Waals surface area contributed by atoms with E-state index in [0.29, 0.717) is 5.92 Å². The third-order valence-electron chi connectivity index (χ3n) is 3.65. The molecule has 0 spiro atoms. The SMILES string of the molecule is CCCNCC(Cc1cnn(CC)c1)c1ccc(F)cc1. The molecule has 1 N–H and O–H groups in total. The van der Waals surface area contributed by atoms with Crippen LogP contribution in [0.3, 0.4) is 0 Å². The molecule has 0 aliphatic rings. The average molecular weight is 289 g/mol. The highest BCUT2D eigenvalue weighted by atomic mass is 19.1. The fourth-order valence-electron chi connectivity index (χ4n) is 2.47. The highest BCUT2D eigenvalue weighted by Gasteiger charge is 2.13. The molecule has 0 saturated heterocycles. The Hall–Kier alpha value is -1.68. The van der Waals surface area contributed by atoms with Crippen LogP contribution in [0.1, 0.15) is 37.3 Å². The number of benzene rings is 1. The number of nitrogens with one attached hydrogen (secondary N) is 1. The first-order valence-corrected chi connectivity index (χ1v) is 7.70. The smallest absolute Gasteiger partial charge is 0.123 e. The van der Waals surface area contributed by atoms with Crippen molar-refractivity contribution in [2.24, 2.45) is 0 Å². The topological polar surface area (TPSA) is 29.9 Å². The molecule has 2 aromatic rings. The second-order valence-electron chi connectivity index (χ2n) is 5.36. The van der Waals surface area contributed by atoms with Gasteiger partial charge in [0.25, 0.3) is 0 Å². The molecule has 1 aromatic heterocycles. The van der Waals surface area contributed by atoms with Gasteiger partial charge in [0.2, 0.25) is 0 Å². The van der Waals surface area contributed by atoms with Crippen molar-refractivity contribution in [3.05, 3.63) is 53.6 Å². The van der Waals surface area contributed by atoms with E-state index in [0.717, 1.165) is 32.5 Å². The summed E-state index contributed by atoms with van der Waals surface area (Å²) < 4.78 is 15.0. The average Bonchev–Trinajstić information content (AvgIpc) is 2.95. The summed E-state index contributed by atoms with van der Waals surface area (Å²) in [5.41, 5.74) is 2.40. The van der Waals surface area contributed by atoms with Crippen LogP contribution >= 0.6 is 0 Å². The largest absolute Gasteiger partial charge is 0.316 e. The van der Waals surface area contributed by atoms with Crippen LogP contribution in [0.15, 0.2) is 36.7 Å². The van der Waals surface area contributed by atoms with Crippen molar-refractivity contribution in [3.63, 3.8) is 0 Å². The summed E-state index contributed by atoms with van der Waals surface area (Å²) in [5.74, 6) is 0.157. The van der Waals surface area contributed by atoms with Crippen molar-refractivity contribution in [2.75, 3.05) is 13.1 Å². The van der Waals surface area contributed by atoms with Crippen molar-refractivity contribution < 1.29 is 4.39 Å². The first kappa shape index (κ1) is 15.7. The van der Waals surface area contributed by atoms with E-state index < -0.39 is 0 Å². The monoisotopic (exact) mass is 289 g/mol. The molecule has 114 valence electrons. The fraction of sp³-hybridized carbons (Fsp3) is 0.471. The van der Waals surface area contributed by atoms with E-state index in [2.05, 4.69) is 30.5 Å².